The molecule has 2 aromatic carbocycles. The third-order valence-corrected chi connectivity index (χ3v) is 4.00. The van der Waals surface area contributed by atoms with Crippen molar-refractivity contribution >= 4 is 11.6 Å². The molecule has 0 saturated carbocycles. The largest absolute Gasteiger partial charge is 0.319 e. The van der Waals surface area contributed by atoms with E-state index in [-0.39, 0.29) is 17.7 Å². The van der Waals surface area contributed by atoms with E-state index >= 15 is 0 Å². The summed E-state index contributed by atoms with van der Waals surface area (Å²) in [6.07, 6.45) is 1.33. The average Bonchev–Trinajstić information content (AvgIpc) is 2.65. The van der Waals surface area contributed by atoms with Crippen molar-refractivity contribution in [3.63, 3.8) is 0 Å². The van der Waals surface area contributed by atoms with Crippen molar-refractivity contribution in [1.29, 1.82) is 0 Å². The molecule has 7 heteroatoms. The van der Waals surface area contributed by atoms with Gasteiger partial charge in [0.2, 0.25) is 0 Å². The predicted octanol–water partition coefficient (Wildman–Crippen LogP) is 3.87. The summed E-state index contributed by atoms with van der Waals surface area (Å²) in [4.78, 5) is 24.4. The van der Waals surface area contributed by atoms with E-state index in [0.29, 0.717) is 6.07 Å². The first kappa shape index (κ1) is 18.4. The maximum atomic E-state index is 13.7. The molecule has 0 spiro atoms. The van der Waals surface area contributed by atoms with Gasteiger partial charge in [0.1, 0.15) is 0 Å². The fraction of sp³-hybridized carbons (Fsp3) is 0.100. The predicted molar refractivity (Wildman–Crippen MR) is 95.3 cm³/mol. The molecule has 0 radical (unpaired) electrons. The van der Waals surface area contributed by atoms with E-state index in [4.69, 9.17) is 0 Å². The van der Waals surface area contributed by atoms with Gasteiger partial charge < -0.3 is 9.88 Å². The minimum atomic E-state index is -1.67. The molecule has 0 fully saturated rings. The van der Waals surface area contributed by atoms with E-state index in [1.165, 1.54) is 22.9 Å². The maximum Gasteiger partial charge on any atom is 0.257 e. The Morgan fingerprint density at radius 2 is 1.67 bits per heavy atom. The highest BCUT2D eigenvalue weighted by molar-refractivity contribution is 6.04. The van der Waals surface area contributed by atoms with Gasteiger partial charge in [-0.1, -0.05) is 29.8 Å². The third-order valence-electron chi connectivity index (χ3n) is 4.00. The Hall–Kier alpha value is -3.35. The van der Waals surface area contributed by atoms with Gasteiger partial charge in [-0.3, -0.25) is 9.59 Å². The van der Waals surface area contributed by atoms with Gasteiger partial charge in [0.05, 0.1) is 17.8 Å². The van der Waals surface area contributed by atoms with Crippen molar-refractivity contribution < 1.29 is 18.0 Å². The lowest BCUT2D eigenvalue weighted by Crippen LogP contribution is -2.23. The topological polar surface area (TPSA) is 51.1 Å². The molecule has 27 heavy (non-hydrogen) atoms. The Morgan fingerprint density at radius 1 is 0.963 bits per heavy atom. The molecule has 1 amide bonds. The Morgan fingerprint density at radius 3 is 2.37 bits per heavy atom. The van der Waals surface area contributed by atoms with Gasteiger partial charge >= 0.3 is 0 Å². The van der Waals surface area contributed by atoms with Crippen LogP contribution in [0.5, 0.6) is 0 Å². The van der Waals surface area contributed by atoms with Crippen molar-refractivity contribution in [1.82, 2.24) is 4.57 Å². The molecule has 0 unspecified atom stereocenters. The first-order chi connectivity index (χ1) is 12.8. The number of rotatable bonds is 4. The normalized spacial score (nSPS) is 10.7. The number of nitrogens with one attached hydrogen (secondary N) is 1. The minimum Gasteiger partial charge on any atom is -0.319 e. The molecule has 138 valence electrons. The van der Waals surface area contributed by atoms with Crippen LogP contribution < -0.4 is 10.9 Å². The number of benzene rings is 2. The van der Waals surface area contributed by atoms with Crippen LogP contribution in [0.2, 0.25) is 0 Å². The number of aryl methyl sites for hydroxylation is 1. The highest BCUT2D eigenvalue weighted by atomic mass is 19.2. The van der Waals surface area contributed by atoms with Gasteiger partial charge in [0.25, 0.3) is 11.5 Å². The molecule has 0 aliphatic heterocycles. The van der Waals surface area contributed by atoms with Crippen LogP contribution in [0.3, 0.4) is 0 Å². The number of aromatic nitrogens is 1. The number of amides is 1. The second-order valence-corrected chi connectivity index (χ2v) is 6.05. The zero-order chi connectivity index (χ0) is 19.6. The molecule has 1 aromatic heterocycles. The SMILES string of the molecule is Cc1ccc(Cn2cc(C(=O)Nc3ccc(F)c(F)c3F)ccc2=O)cc1. The molecule has 1 heterocycles. The number of pyridine rings is 1. The van der Waals surface area contributed by atoms with Crippen molar-refractivity contribution in [2.75, 3.05) is 5.32 Å². The quantitative estimate of drug-likeness (QED) is 0.707. The summed E-state index contributed by atoms with van der Waals surface area (Å²) >= 11 is 0. The van der Waals surface area contributed by atoms with Crippen molar-refractivity contribution in [3.05, 3.63) is 99.2 Å². The molecular weight excluding hydrogens is 357 g/mol. The molecule has 0 aliphatic rings. The van der Waals surface area contributed by atoms with Gasteiger partial charge in [0.15, 0.2) is 17.5 Å². The standard InChI is InChI=1S/C20H15F3N2O2/c1-12-2-4-13(5-3-12)10-25-11-14(6-9-17(25)26)20(27)24-16-8-7-15(21)18(22)19(16)23/h2-9,11H,10H2,1H3,(H,24,27). The minimum absolute atomic E-state index is 0.0749. The number of carbonyl (C=O) groups is 1. The summed E-state index contributed by atoms with van der Waals surface area (Å²) in [6, 6.07) is 11.7. The van der Waals surface area contributed by atoms with Crippen LogP contribution in [-0.2, 0) is 6.54 Å². The lowest BCUT2D eigenvalue weighted by molar-refractivity contribution is 0.102. The molecule has 0 saturated heterocycles. The Bertz CT molecular complexity index is 1060. The Kier molecular flexibility index (Phi) is 5.12. The summed E-state index contributed by atoms with van der Waals surface area (Å²) in [6.45, 7) is 2.19. The lowest BCUT2D eigenvalue weighted by Gasteiger charge is -2.10. The van der Waals surface area contributed by atoms with E-state index < -0.39 is 29.0 Å². The van der Waals surface area contributed by atoms with Gasteiger partial charge in [0, 0.05) is 12.3 Å². The second-order valence-electron chi connectivity index (χ2n) is 6.05. The molecule has 3 aromatic rings. The fourth-order valence-electron chi connectivity index (χ4n) is 2.50. The number of hydrogen-bond acceptors (Lipinski definition) is 2. The summed E-state index contributed by atoms with van der Waals surface area (Å²) in [5.74, 6) is -5.26. The molecule has 0 aliphatic carbocycles. The number of hydrogen-bond donors (Lipinski definition) is 1. The molecule has 4 nitrogen and oxygen atoms in total. The first-order valence-corrected chi connectivity index (χ1v) is 8.06. The van der Waals surface area contributed by atoms with Crippen LogP contribution in [0, 0.1) is 24.4 Å². The number of nitrogens with zero attached hydrogens (tertiary/aromatic N) is 1. The molecule has 0 atom stereocenters. The number of halogens is 3. The van der Waals surface area contributed by atoms with Gasteiger partial charge in [-0.25, -0.2) is 13.2 Å². The summed E-state index contributed by atoms with van der Waals surface area (Å²) in [7, 11) is 0. The maximum absolute atomic E-state index is 13.7. The molecular formula is C20H15F3N2O2. The molecule has 1 N–H and O–H groups in total. The molecule has 0 bridgehead atoms. The first-order valence-electron chi connectivity index (χ1n) is 8.06. The van der Waals surface area contributed by atoms with Crippen molar-refractivity contribution in [2.24, 2.45) is 0 Å². The Labute approximate surface area is 152 Å². The van der Waals surface area contributed by atoms with Crippen LogP contribution >= 0.6 is 0 Å². The van der Waals surface area contributed by atoms with Crippen LogP contribution in [0.1, 0.15) is 21.5 Å². The Balaban J connectivity index is 1.85. The fourth-order valence-corrected chi connectivity index (χ4v) is 2.50. The van der Waals surface area contributed by atoms with E-state index in [9.17, 15) is 22.8 Å². The summed E-state index contributed by atoms with van der Waals surface area (Å²) in [5.41, 5.74) is 1.21. The highest BCUT2D eigenvalue weighted by Crippen LogP contribution is 2.20. The molecule has 3 rings (SSSR count). The van der Waals surface area contributed by atoms with Gasteiger partial charge in [-0.05, 0) is 30.7 Å². The zero-order valence-corrected chi connectivity index (χ0v) is 14.3. The van der Waals surface area contributed by atoms with Crippen LogP contribution in [0.4, 0.5) is 18.9 Å². The van der Waals surface area contributed by atoms with Crippen molar-refractivity contribution in [3.8, 4) is 0 Å². The van der Waals surface area contributed by atoms with E-state index in [2.05, 4.69) is 5.32 Å². The summed E-state index contributed by atoms with van der Waals surface area (Å²) in [5, 5.41) is 2.18. The highest BCUT2D eigenvalue weighted by Gasteiger charge is 2.16. The second kappa shape index (κ2) is 7.49. The van der Waals surface area contributed by atoms with E-state index in [1.807, 2.05) is 31.2 Å². The van der Waals surface area contributed by atoms with E-state index in [1.54, 1.807) is 0 Å². The zero-order valence-electron chi connectivity index (χ0n) is 14.3. The average molecular weight is 372 g/mol. The lowest BCUT2D eigenvalue weighted by atomic mass is 10.1. The van der Waals surface area contributed by atoms with Crippen molar-refractivity contribution in [2.45, 2.75) is 13.5 Å². The van der Waals surface area contributed by atoms with E-state index in [0.717, 1.165) is 17.2 Å². The van der Waals surface area contributed by atoms with Crippen LogP contribution in [-0.4, -0.2) is 10.5 Å². The van der Waals surface area contributed by atoms with Gasteiger partial charge in [-0.15, -0.1) is 0 Å². The number of anilines is 1. The monoisotopic (exact) mass is 372 g/mol. The van der Waals surface area contributed by atoms with Crippen LogP contribution in [0.25, 0.3) is 0 Å². The number of carbonyl (C=O) groups excluding carboxylic acids is 1. The van der Waals surface area contributed by atoms with Crippen LogP contribution in [0.15, 0.2) is 59.5 Å². The van der Waals surface area contributed by atoms with Gasteiger partial charge in [-0.2, -0.15) is 0 Å². The smallest absolute Gasteiger partial charge is 0.257 e. The third kappa shape index (κ3) is 4.08. The summed E-state index contributed by atoms with van der Waals surface area (Å²) < 4.78 is 41.3.